The van der Waals surface area contributed by atoms with Gasteiger partial charge < -0.3 is 9.47 Å². The maximum Gasteiger partial charge on any atom is 0.225 e. The smallest absolute Gasteiger partial charge is 0.225 e. The van der Waals surface area contributed by atoms with Crippen molar-refractivity contribution >= 4 is 5.57 Å². The molecule has 142 valence electrons. The van der Waals surface area contributed by atoms with Crippen LogP contribution in [0.3, 0.4) is 0 Å². The van der Waals surface area contributed by atoms with Crippen LogP contribution in [-0.4, -0.2) is 16.6 Å². The van der Waals surface area contributed by atoms with E-state index in [1.54, 1.807) is 12.4 Å². The molecule has 0 N–H and O–H groups in total. The molecule has 0 saturated heterocycles. The van der Waals surface area contributed by atoms with Crippen LogP contribution in [0.25, 0.3) is 16.7 Å². The predicted octanol–water partition coefficient (Wildman–Crippen LogP) is 6.13. The van der Waals surface area contributed by atoms with Gasteiger partial charge in [-0.1, -0.05) is 39.5 Å². The molecule has 2 aromatic heterocycles. The van der Waals surface area contributed by atoms with E-state index in [9.17, 15) is 0 Å². The molecule has 0 amide bonds. The van der Waals surface area contributed by atoms with Crippen LogP contribution >= 0.6 is 0 Å². The average molecular weight is 372 g/mol. The highest BCUT2D eigenvalue weighted by Crippen LogP contribution is 2.47. The minimum Gasteiger partial charge on any atom is -0.477 e. The molecular formula is C24H24N2O2. The van der Waals surface area contributed by atoms with Gasteiger partial charge in [-0.25, -0.2) is 4.98 Å². The van der Waals surface area contributed by atoms with Crippen LogP contribution in [0.15, 0.2) is 61.6 Å². The zero-order valence-electron chi connectivity index (χ0n) is 16.5. The maximum atomic E-state index is 6.13. The molecule has 0 spiro atoms. The molecule has 0 fully saturated rings. The lowest BCUT2D eigenvalue weighted by molar-refractivity contribution is 0.235. The Bertz CT molecular complexity index is 1020. The molecule has 4 nitrogen and oxygen atoms in total. The Morgan fingerprint density at radius 1 is 1.04 bits per heavy atom. The summed E-state index contributed by atoms with van der Waals surface area (Å²) in [6.45, 7) is 11.5. The van der Waals surface area contributed by atoms with Gasteiger partial charge in [0.15, 0.2) is 0 Å². The number of benzene rings is 1. The molecule has 1 aromatic carbocycles. The highest BCUT2D eigenvalue weighted by Gasteiger charge is 2.26. The van der Waals surface area contributed by atoms with Crippen molar-refractivity contribution in [2.45, 2.75) is 27.2 Å². The molecule has 3 aromatic rings. The fraction of sp³-hybridized carbons (Fsp3) is 0.250. The van der Waals surface area contributed by atoms with Crippen LogP contribution in [0.1, 0.15) is 38.3 Å². The Morgan fingerprint density at radius 2 is 1.89 bits per heavy atom. The first kappa shape index (κ1) is 18.2. The second-order valence-corrected chi connectivity index (χ2v) is 8.18. The van der Waals surface area contributed by atoms with E-state index in [0.717, 1.165) is 45.7 Å². The van der Waals surface area contributed by atoms with Crippen molar-refractivity contribution in [1.29, 1.82) is 0 Å². The van der Waals surface area contributed by atoms with Gasteiger partial charge in [0.2, 0.25) is 5.88 Å². The van der Waals surface area contributed by atoms with Gasteiger partial charge in [0.1, 0.15) is 11.5 Å². The first-order valence-electron chi connectivity index (χ1n) is 9.46. The lowest BCUT2D eigenvalue weighted by atomic mass is 9.92. The summed E-state index contributed by atoms with van der Waals surface area (Å²) in [4.78, 5) is 8.65. The van der Waals surface area contributed by atoms with Crippen molar-refractivity contribution in [3.8, 4) is 28.5 Å². The highest BCUT2D eigenvalue weighted by atomic mass is 16.5. The van der Waals surface area contributed by atoms with Crippen molar-refractivity contribution in [3.63, 3.8) is 0 Å². The molecule has 0 atom stereocenters. The van der Waals surface area contributed by atoms with E-state index in [1.165, 1.54) is 0 Å². The minimum atomic E-state index is 0.202. The quantitative estimate of drug-likeness (QED) is 0.432. The van der Waals surface area contributed by atoms with Crippen molar-refractivity contribution in [3.05, 3.63) is 72.7 Å². The third-order valence-corrected chi connectivity index (χ3v) is 4.79. The fourth-order valence-electron chi connectivity index (χ4n) is 3.17. The Labute approximate surface area is 165 Å². The van der Waals surface area contributed by atoms with E-state index in [2.05, 4.69) is 43.4 Å². The van der Waals surface area contributed by atoms with Crippen LogP contribution in [0.2, 0.25) is 0 Å². The van der Waals surface area contributed by atoms with Crippen molar-refractivity contribution in [1.82, 2.24) is 9.97 Å². The molecular weight excluding hydrogens is 348 g/mol. The molecule has 0 aliphatic carbocycles. The Kier molecular flexibility index (Phi) is 4.63. The standard InChI is InChI=1S/C24H24N2O2/c1-16-19-14-17(18-6-5-11-25-15-18)7-8-20(19)28-21-9-12-26-23(22(16)21)27-13-10-24(2,3)4/h5-9,11-12,14-15H,1,10,13H2,2-4H3. The van der Waals surface area contributed by atoms with Crippen molar-refractivity contribution < 1.29 is 9.47 Å². The van der Waals surface area contributed by atoms with Gasteiger partial charge in [-0.3, -0.25) is 4.98 Å². The van der Waals surface area contributed by atoms with Gasteiger partial charge in [-0.05, 0) is 41.2 Å². The van der Waals surface area contributed by atoms with Gasteiger partial charge in [-0.15, -0.1) is 0 Å². The van der Waals surface area contributed by atoms with Crippen molar-refractivity contribution in [2.75, 3.05) is 6.61 Å². The molecule has 1 aliphatic rings. The maximum absolute atomic E-state index is 6.13. The number of hydrogen-bond donors (Lipinski definition) is 0. The number of fused-ring (bicyclic) bond motifs is 2. The highest BCUT2D eigenvalue weighted by molar-refractivity contribution is 5.90. The molecule has 28 heavy (non-hydrogen) atoms. The molecule has 1 aliphatic heterocycles. The van der Waals surface area contributed by atoms with Gasteiger partial charge in [0.25, 0.3) is 0 Å². The summed E-state index contributed by atoms with van der Waals surface area (Å²) in [5.41, 5.74) is 4.96. The summed E-state index contributed by atoms with van der Waals surface area (Å²) in [7, 11) is 0. The van der Waals surface area contributed by atoms with Gasteiger partial charge in [0, 0.05) is 35.8 Å². The van der Waals surface area contributed by atoms with E-state index in [1.807, 2.05) is 36.5 Å². The van der Waals surface area contributed by atoms with E-state index < -0.39 is 0 Å². The predicted molar refractivity (Wildman–Crippen MR) is 112 cm³/mol. The molecule has 0 unspecified atom stereocenters. The average Bonchev–Trinajstić information content (AvgIpc) is 2.67. The zero-order chi connectivity index (χ0) is 19.7. The Morgan fingerprint density at radius 3 is 2.64 bits per heavy atom. The zero-order valence-corrected chi connectivity index (χ0v) is 16.5. The Hall–Kier alpha value is -3.14. The van der Waals surface area contributed by atoms with Gasteiger partial charge >= 0.3 is 0 Å². The summed E-state index contributed by atoms with van der Waals surface area (Å²) < 4.78 is 12.1. The number of aromatic nitrogens is 2. The van der Waals surface area contributed by atoms with Crippen LogP contribution in [0, 0.1) is 5.41 Å². The van der Waals surface area contributed by atoms with Gasteiger partial charge in [-0.2, -0.15) is 0 Å². The van der Waals surface area contributed by atoms with Crippen LogP contribution < -0.4 is 9.47 Å². The van der Waals surface area contributed by atoms with E-state index >= 15 is 0 Å². The lowest BCUT2D eigenvalue weighted by Gasteiger charge is -2.25. The number of pyridine rings is 2. The summed E-state index contributed by atoms with van der Waals surface area (Å²) in [6.07, 6.45) is 6.28. The first-order chi connectivity index (χ1) is 13.4. The van der Waals surface area contributed by atoms with Crippen LogP contribution in [-0.2, 0) is 0 Å². The molecule has 3 heterocycles. The largest absolute Gasteiger partial charge is 0.477 e. The van der Waals surface area contributed by atoms with Gasteiger partial charge in [0.05, 0.1) is 12.2 Å². The SMILES string of the molecule is C=C1c2cc(-c3cccnc3)ccc2Oc2ccnc(OCCC(C)(C)C)c21. The van der Waals surface area contributed by atoms with Crippen LogP contribution in [0.5, 0.6) is 17.4 Å². The molecule has 0 saturated carbocycles. The third kappa shape index (κ3) is 3.63. The summed E-state index contributed by atoms with van der Waals surface area (Å²) in [5.74, 6) is 2.09. The third-order valence-electron chi connectivity index (χ3n) is 4.79. The van der Waals surface area contributed by atoms with Crippen molar-refractivity contribution in [2.24, 2.45) is 5.41 Å². The number of rotatable bonds is 4. The monoisotopic (exact) mass is 372 g/mol. The molecule has 0 radical (unpaired) electrons. The topological polar surface area (TPSA) is 44.2 Å². The summed E-state index contributed by atoms with van der Waals surface area (Å²) >= 11 is 0. The lowest BCUT2D eigenvalue weighted by Crippen LogP contribution is -2.13. The minimum absolute atomic E-state index is 0.202. The second kappa shape index (κ2) is 7.12. The fourth-order valence-corrected chi connectivity index (χ4v) is 3.17. The number of nitrogens with zero attached hydrogens (tertiary/aromatic N) is 2. The van der Waals surface area contributed by atoms with E-state index in [4.69, 9.17) is 9.47 Å². The number of hydrogen-bond acceptors (Lipinski definition) is 4. The first-order valence-corrected chi connectivity index (χ1v) is 9.46. The van der Waals surface area contributed by atoms with Crippen LogP contribution in [0.4, 0.5) is 0 Å². The van der Waals surface area contributed by atoms with E-state index in [-0.39, 0.29) is 5.41 Å². The summed E-state index contributed by atoms with van der Waals surface area (Å²) in [6, 6.07) is 11.9. The number of ether oxygens (including phenoxy) is 2. The second-order valence-electron chi connectivity index (χ2n) is 8.18. The molecule has 4 heteroatoms. The van der Waals surface area contributed by atoms with E-state index in [0.29, 0.717) is 12.5 Å². The normalized spacial score (nSPS) is 12.8. The molecule has 0 bridgehead atoms. The Balaban J connectivity index is 1.67. The summed E-state index contributed by atoms with van der Waals surface area (Å²) in [5, 5.41) is 0. The molecule has 4 rings (SSSR count).